The third-order valence-corrected chi connectivity index (χ3v) is 3.62. The van der Waals surface area contributed by atoms with Crippen molar-refractivity contribution in [1.82, 2.24) is 0 Å². The summed E-state index contributed by atoms with van der Waals surface area (Å²) in [6.07, 6.45) is 0. The summed E-state index contributed by atoms with van der Waals surface area (Å²) in [5.74, 6) is 3.62. The van der Waals surface area contributed by atoms with Gasteiger partial charge in [-0.3, -0.25) is 0 Å². The Kier molecular flexibility index (Phi) is 4.65. The van der Waals surface area contributed by atoms with E-state index in [4.69, 9.17) is 10.00 Å². The van der Waals surface area contributed by atoms with Gasteiger partial charge in [-0.15, -0.1) is 5.54 Å². The molecule has 0 N–H and O–H groups in total. The van der Waals surface area contributed by atoms with Crippen molar-refractivity contribution in [2.45, 2.75) is 19.6 Å². The monoisotopic (exact) mass is 309 g/mol. The number of ether oxygens (including phenoxy) is 1. The zero-order valence-corrected chi connectivity index (χ0v) is 13.8. The van der Waals surface area contributed by atoms with Gasteiger partial charge in [-0.1, -0.05) is 37.7 Å². The predicted molar refractivity (Wildman–Crippen MR) is 87.9 cm³/mol. The molecule has 0 aliphatic heterocycles. The van der Waals surface area contributed by atoms with Crippen molar-refractivity contribution in [3.63, 3.8) is 0 Å². The van der Waals surface area contributed by atoms with Crippen LogP contribution in [0.4, 0.5) is 4.39 Å². The van der Waals surface area contributed by atoms with Crippen molar-refractivity contribution in [2.24, 2.45) is 0 Å². The first-order valence-electron chi connectivity index (χ1n) is 6.89. The number of benzene rings is 2. The lowest BCUT2D eigenvalue weighted by atomic mass is 10.2. The van der Waals surface area contributed by atoms with Gasteiger partial charge < -0.3 is 4.74 Å². The smallest absolute Gasteiger partial charge is 0.143 e. The molecule has 4 heteroatoms. The van der Waals surface area contributed by atoms with E-state index in [-0.39, 0.29) is 5.56 Å². The Morgan fingerprint density at radius 1 is 1.05 bits per heavy atom. The summed E-state index contributed by atoms with van der Waals surface area (Å²) in [5, 5.41) is 8.87. The van der Waals surface area contributed by atoms with Crippen molar-refractivity contribution < 1.29 is 9.13 Å². The fourth-order valence-corrected chi connectivity index (χ4v) is 2.20. The Hall–Kier alpha value is -2.56. The maximum atomic E-state index is 13.3. The third-order valence-electron chi connectivity index (χ3n) is 2.75. The molecule has 0 atom stereocenters. The molecule has 0 saturated heterocycles. The molecule has 2 aromatic rings. The van der Waals surface area contributed by atoms with Crippen LogP contribution < -0.4 is 4.74 Å². The number of hydrogen-bond acceptors (Lipinski definition) is 2. The Morgan fingerprint density at radius 2 is 1.77 bits per heavy atom. The SMILES string of the molecule is C[Si](C)(C)C#Cc1ccccc1Oc1ccc(F)c(C#N)c1. The Balaban J connectivity index is 2.34. The average Bonchev–Trinajstić information content (AvgIpc) is 2.47. The lowest BCUT2D eigenvalue weighted by Gasteiger charge is -2.09. The van der Waals surface area contributed by atoms with E-state index in [2.05, 4.69) is 31.1 Å². The van der Waals surface area contributed by atoms with E-state index in [0.717, 1.165) is 5.56 Å². The second-order valence-electron chi connectivity index (χ2n) is 5.85. The highest BCUT2D eigenvalue weighted by molar-refractivity contribution is 6.83. The summed E-state index contributed by atoms with van der Waals surface area (Å²) in [6, 6.07) is 13.4. The molecule has 22 heavy (non-hydrogen) atoms. The topological polar surface area (TPSA) is 33.0 Å². The highest BCUT2D eigenvalue weighted by atomic mass is 28.3. The predicted octanol–water partition coefficient (Wildman–Crippen LogP) is 4.72. The first kappa shape index (κ1) is 15.8. The fraction of sp³-hybridized carbons (Fsp3) is 0.167. The van der Waals surface area contributed by atoms with Crippen LogP contribution in [0.25, 0.3) is 0 Å². The van der Waals surface area contributed by atoms with Crippen LogP contribution in [-0.2, 0) is 0 Å². The van der Waals surface area contributed by atoms with Gasteiger partial charge in [0, 0.05) is 6.07 Å². The second kappa shape index (κ2) is 6.47. The van der Waals surface area contributed by atoms with Gasteiger partial charge in [0.1, 0.15) is 31.5 Å². The number of rotatable bonds is 2. The minimum atomic E-state index is -1.49. The minimum absolute atomic E-state index is 0.0387. The van der Waals surface area contributed by atoms with Crippen molar-refractivity contribution >= 4 is 8.07 Å². The van der Waals surface area contributed by atoms with Crippen molar-refractivity contribution in [3.05, 3.63) is 59.4 Å². The van der Waals surface area contributed by atoms with Gasteiger partial charge in [0.05, 0.1) is 11.1 Å². The summed E-state index contributed by atoms with van der Waals surface area (Å²) >= 11 is 0. The van der Waals surface area contributed by atoms with E-state index in [1.165, 1.54) is 18.2 Å². The van der Waals surface area contributed by atoms with Gasteiger partial charge in [-0.25, -0.2) is 4.39 Å². The molecule has 0 radical (unpaired) electrons. The van der Waals surface area contributed by atoms with Crippen LogP contribution in [0.2, 0.25) is 19.6 Å². The summed E-state index contributed by atoms with van der Waals surface area (Å²) in [4.78, 5) is 0. The van der Waals surface area contributed by atoms with Crippen LogP contribution >= 0.6 is 0 Å². The van der Waals surface area contributed by atoms with E-state index in [9.17, 15) is 4.39 Å². The van der Waals surface area contributed by atoms with Gasteiger partial charge in [0.15, 0.2) is 0 Å². The molecule has 0 aromatic heterocycles. The van der Waals surface area contributed by atoms with Crippen LogP contribution in [0.3, 0.4) is 0 Å². The zero-order chi connectivity index (χ0) is 16.2. The summed E-state index contributed by atoms with van der Waals surface area (Å²) in [7, 11) is -1.49. The maximum Gasteiger partial charge on any atom is 0.143 e. The molecule has 0 aliphatic rings. The van der Waals surface area contributed by atoms with Crippen molar-refractivity contribution in [3.8, 4) is 29.0 Å². The molecular weight excluding hydrogens is 293 g/mol. The van der Waals surface area contributed by atoms with Crippen molar-refractivity contribution in [1.29, 1.82) is 5.26 Å². The molecular formula is C18H16FNOSi. The fourth-order valence-electron chi connectivity index (χ4n) is 1.69. The highest BCUT2D eigenvalue weighted by Crippen LogP contribution is 2.26. The summed E-state index contributed by atoms with van der Waals surface area (Å²) in [5.41, 5.74) is 4.04. The Bertz CT molecular complexity index is 791. The molecule has 0 heterocycles. The van der Waals surface area contributed by atoms with Gasteiger partial charge in [-0.05, 0) is 24.3 Å². The van der Waals surface area contributed by atoms with Crippen LogP contribution in [0, 0.1) is 28.6 Å². The first-order chi connectivity index (χ1) is 10.4. The number of hydrogen-bond donors (Lipinski definition) is 0. The first-order valence-corrected chi connectivity index (χ1v) is 10.4. The molecule has 0 amide bonds. The Morgan fingerprint density at radius 3 is 2.45 bits per heavy atom. The summed E-state index contributed by atoms with van der Waals surface area (Å²) < 4.78 is 19.1. The van der Waals surface area contributed by atoms with Crippen molar-refractivity contribution in [2.75, 3.05) is 0 Å². The number of nitriles is 1. The molecule has 110 valence electrons. The molecule has 2 rings (SSSR count). The molecule has 0 fully saturated rings. The van der Waals surface area contributed by atoms with E-state index in [1.54, 1.807) is 6.07 Å². The standard InChI is InChI=1S/C18H16FNOSi/c1-22(2,3)11-10-14-6-4-5-7-18(14)21-16-8-9-17(19)15(12-16)13-20/h4-9,12H,1-3H3. The number of para-hydroxylation sites is 1. The molecule has 0 bridgehead atoms. The lowest BCUT2D eigenvalue weighted by Crippen LogP contribution is -2.16. The molecule has 2 aromatic carbocycles. The minimum Gasteiger partial charge on any atom is -0.456 e. The molecule has 0 spiro atoms. The largest absolute Gasteiger partial charge is 0.456 e. The van der Waals surface area contributed by atoms with Crippen LogP contribution in [-0.4, -0.2) is 8.07 Å². The van der Waals surface area contributed by atoms with E-state index < -0.39 is 13.9 Å². The molecule has 0 aliphatic carbocycles. The maximum absolute atomic E-state index is 13.3. The van der Waals surface area contributed by atoms with Crippen LogP contribution in [0.5, 0.6) is 11.5 Å². The van der Waals surface area contributed by atoms with Crippen LogP contribution in [0.15, 0.2) is 42.5 Å². The normalized spacial score (nSPS) is 10.3. The second-order valence-corrected chi connectivity index (χ2v) is 10.6. The average molecular weight is 309 g/mol. The van der Waals surface area contributed by atoms with E-state index >= 15 is 0 Å². The quantitative estimate of drug-likeness (QED) is 0.594. The Labute approximate surface area is 131 Å². The summed E-state index contributed by atoms with van der Waals surface area (Å²) in [6.45, 7) is 6.51. The lowest BCUT2D eigenvalue weighted by molar-refractivity contribution is 0.479. The van der Waals surface area contributed by atoms with E-state index in [0.29, 0.717) is 11.5 Å². The van der Waals surface area contributed by atoms with Gasteiger partial charge in [-0.2, -0.15) is 5.26 Å². The van der Waals surface area contributed by atoms with Gasteiger partial charge in [0.2, 0.25) is 0 Å². The highest BCUT2D eigenvalue weighted by Gasteiger charge is 2.09. The zero-order valence-electron chi connectivity index (χ0n) is 12.8. The van der Waals surface area contributed by atoms with E-state index in [1.807, 2.05) is 24.3 Å². The molecule has 0 saturated carbocycles. The van der Waals surface area contributed by atoms with Gasteiger partial charge >= 0.3 is 0 Å². The molecule has 2 nitrogen and oxygen atoms in total. The third kappa shape index (κ3) is 4.21. The van der Waals surface area contributed by atoms with Gasteiger partial charge in [0.25, 0.3) is 0 Å². The van der Waals surface area contributed by atoms with Crippen LogP contribution in [0.1, 0.15) is 11.1 Å². The molecule has 0 unspecified atom stereocenters. The number of nitrogens with zero attached hydrogens (tertiary/aromatic N) is 1. The number of halogens is 1.